The number of rotatable bonds is 7. The largest absolute Gasteiger partial charge is 0.496 e. The maximum Gasteiger partial charge on any atom is 0.134 e. The van der Waals surface area contributed by atoms with Crippen LogP contribution in [0.15, 0.2) is 29.6 Å². The summed E-state index contributed by atoms with van der Waals surface area (Å²) in [5.74, 6) is 1.84. The smallest absolute Gasteiger partial charge is 0.134 e. The molecule has 0 amide bonds. The molecule has 1 heterocycles. The second-order valence-electron chi connectivity index (χ2n) is 4.99. The first-order valence-electron chi connectivity index (χ1n) is 7.20. The minimum Gasteiger partial charge on any atom is -0.496 e. The van der Waals surface area contributed by atoms with Crippen LogP contribution in [0.25, 0.3) is 0 Å². The van der Waals surface area contributed by atoms with E-state index in [2.05, 4.69) is 36.7 Å². The predicted octanol–water partition coefficient (Wildman–Crippen LogP) is 4.16. The Labute approximate surface area is 130 Å². The van der Waals surface area contributed by atoms with Gasteiger partial charge in [-0.2, -0.15) is 0 Å². The van der Waals surface area contributed by atoms with Gasteiger partial charge in [0.2, 0.25) is 0 Å². The van der Waals surface area contributed by atoms with Crippen LogP contribution in [0, 0.1) is 6.92 Å². The summed E-state index contributed by atoms with van der Waals surface area (Å²) in [6.45, 7) is 5.22. The van der Waals surface area contributed by atoms with Crippen molar-refractivity contribution in [2.24, 2.45) is 0 Å². The van der Waals surface area contributed by atoms with Gasteiger partial charge in [-0.25, -0.2) is 0 Å². The van der Waals surface area contributed by atoms with E-state index in [4.69, 9.17) is 9.47 Å². The number of ether oxygens (including phenoxy) is 2. The van der Waals surface area contributed by atoms with E-state index in [0.29, 0.717) is 0 Å². The number of hydrogen-bond donors (Lipinski definition) is 1. The Kier molecular flexibility index (Phi) is 5.65. The Morgan fingerprint density at radius 2 is 1.90 bits per heavy atom. The first-order valence-corrected chi connectivity index (χ1v) is 8.08. The lowest BCUT2D eigenvalue weighted by Gasteiger charge is -2.22. The average molecular weight is 305 g/mol. The van der Waals surface area contributed by atoms with E-state index in [9.17, 15) is 0 Å². The van der Waals surface area contributed by atoms with E-state index < -0.39 is 0 Å². The van der Waals surface area contributed by atoms with Crippen LogP contribution in [0.5, 0.6) is 11.5 Å². The second kappa shape index (κ2) is 7.48. The Bertz CT molecular complexity index is 580. The van der Waals surface area contributed by atoms with Crippen molar-refractivity contribution >= 4 is 11.3 Å². The summed E-state index contributed by atoms with van der Waals surface area (Å²) in [6.07, 6.45) is 1.08. The summed E-state index contributed by atoms with van der Waals surface area (Å²) in [5, 5.41) is 5.68. The maximum atomic E-state index is 5.56. The molecule has 3 nitrogen and oxygen atoms in total. The third-order valence-electron chi connectivity index (χ3n) is 3.43. The van der Waals surface area contributed by atoms with Crippen LogP contribution in [-0.4, -0.2) is 20.8 Å². The van der Waals surface area contributed by atoms with Gasteiger partial charge in [-0.1, -0.05) is 24.6 Å². The molecule has 2 aromatic rings. The topological polar surface area (TPSA) is 30.5 Å². The second-order valence-corrected chi connectivity index (χ2v) is 5.93. The third-order valence-corrected chi connectivity index (χ3v) is 4.40. The predicted molar refractivity (Wildman–Crippen MR) is 88.7 cm³/mol. The van der Waals surface area contributed by atoms with E-state index >= 15 is 0 Å². The molecule has 1 atom stereocenters. The van der Waals surface area contributed by atoms with Gasteiger partial charge >= 0.3 is 0 Å². The molecule has 0 saturated carbocycles. The zero-order chi connectivity index (χ0) is 15.2. The van der Waals surface area contributed by atoms with Crippen molar-refractivity contribution in [1.82, 2.24) is 5.32 Å². The highest BCUT2D eigenvalue weighted by Crippen LogP contribution is 2.38. The fourth-order valence-corrected chi connectivity index (χ4v) is 3.35. The molecule has 21 heavy (non-hydrogen) atoms. The van der Waals surface area contributed by atoms with Gasteiger partial charge in [0, 0.05) is 5.56 Å². The van der Waals surface area contributed by atoms with Crippen molar-refractivity contribution in [2.75, 3.05) is 20.8 Å². The summed E-state index contributed by atoms with van der Waals surface area (Å²) in [6, 6.07) is 8.40. The van der Waals surface area contributed by atoms with Crippen molar-refractivity contribution in [3.63, 3.8) is 0 Å². The minimum absolute atomic E-state index is 0.0924. The Hall–Kier alpha value is -1.52. The molecule has 114 valence electrons. The Balaban J connectivity index is 2.47. The van der Waals surface area contributed by atoms with Crippen molar-refractivity contribution < 1.29 is 9.47 Å². The van der Waals surface area contributed by atoms with Gasteiger partial charge in [-0.05, 0) is 37.4 Å². The molecule has 0 bridgehead atoms. The normalized spacial score (nSPS) is 12.2. The van der Waals surface area contributed by atoms with Gasteiger partial charge in [0.1, 0.15) is 11.5 Å². The van der Waals surface area contributed by atoms with E-state index in [1.54, 1.807) is 25.6 Å². The van der Waals surface area contributed by atoms with Crippen LogP contribution in [0.4, 0.5) is 0 Å². The average Bonchev–Trinajstić information content (AvgIpc) is 2.96. The molecule has 2 rings (SSSR count). The van der Waals surface area contributed by atoms with E-state index in [1.165, 1.54) is 10.4 Å². The molecule has 0 spiro atoms. The standard InChI is InChI=1S/C17H23NO2S/c1-5-9-18-16(17-15(20-4)8-10-21-17)13-11-12(2)6-7-14(13)19-3/h6-8,10-11,16,18H,5,9H2,1-4H3. The Morgan fingerprint density at radius 3 is 2.57 bits per heavy atom. The Morgan fingerprint density at radius 1 is 1.14 bits per heavy atom. The molecule has 0 aliphatic carbocycles. The molecule has 4 heteroatoms. The van der Waals surface area contributed by atoms with E-state index in [-0.39, 0.29) is 6.04 Å². The van der Waals surface area contributed by atoms with Crippen LogP contribution in [0.2, 0.25) is 0 Å². The van der Waals surface area contributed by atoms with Gasteiger partial charge in [-0.3, -0.25) is 0 Å². The summed E-state index contributed by atoms with van der Waals surface area (Å²) >= 11 is 1.71. The monoisotopic (exact) mass is 305 g/mol. The van der Waals surface area contributed by atoms with Crippen LogP contribution in [0.3, 0.4) is 0 Å². The fourth-order valence-electron chi connectivity index (χ4n) is 2.40. The van der Waals surface area contributed by atoms with E-state index in [1.807, 2.05) is 12.1 Å². The number of thiophene rings is 1. The highest BCUT2D eigenvalue weighted by molar-refractivity contribution is 7.10. The molecule has 0 aliphatic rings. The molecule has 0 saturated heterocycles. The van der Waals surface area contributed by atoms with Crippen LogP contribution >= 0.6 is 11.3 Å². The quantitative estimate of drug-likeness (QED) is 0.833. The lowest BCUT2D eigenvalue weighted by atomic mass is 10.0. The van der Waals surface area contributed by atoms with Gasteiger partial charge in [0.05, 0.1) is 25.1 Å². The van der Waals surface area contributed by atoms with Gasteiger partial charge < -0.3 is 14.8 Å². The van der Waals surface area contributed by atoms with Crippen molar-refractivity contribution in [1.29, 1.82) is 0 Å². The summed E-state index contributed by atoms with van der Waals surface area (Å²) in [7, 11) is 3.44. The molecule has 1 unspecified atom stereocenters. The molecule has 1 aromatic carbocycles. The molecule has 0 fully saturated rings. The van der Waals surface area contributed by atoms with E-state index in [0.717, 1.165) is 30.0 Å². The van der Waals surface area contributed by atoms with Crippen LogP contribution in [0.1, 0.15) is 35.4 Å². The van der Waals surface area contributed by atoms with Crippen LogP contribution < -0.4 is 14.8 Å². The van der Waals surface area contributed by atoms with Crippen molar-refractivity contribution in [2.45, 2.75) is 26.3 Å². The lowest BCUT2D eigenvalue weighted by Crippen LogP contribution is -2.23. The summed E-state index contributed by atoms with van der Waals surface area (Å²) in [4.78, 5) is 1.19. The molecular weight excluding hydrogens is 282 g/mol. The van der Waals surface area contributed by atoms with Crippen molar-refractivity contribution in [3.05, 3.63) is 45.6 Å². The zero-order valence-electron chi connectivity index (χ0n) is 13.1. The zero-order valence-corrected chi connectivity index (χ0v) is 13.9. The van der Waals surface area contributed by atoms with Gasteiger partial charge in [0.15, 0.2) is 0 Å². The van der Waals surface area contributed by atoms with Gasteiger partial charge in [0.25, 0.3) is 0 Å². The maximum absolute atomic E-state index is 5.56. The number of hydrogen-bond acceptors (Lipinski definition) is 4. The lowest BCUT2D eigenvalue weighted by molar-refractivity contribution is 0.396. The number of benzene rings is 1. The molecule has 0 radical (unpaired) electrons. The number of methoxy groups -OCH3 is 2. The number of aryl methyl sites for hydroxylation is 1. The molecule has 1 N–H and O–H groups in total. The molecule has 1 aromatic heterocycles. The molecular formula is C17H23NO2S. The van der Waals surface area contributed by atoms with Crippen LogP contribution in [-0.2, 0) is 0 Å². The van der Waals surface area contributed by atoms with Gasteiger partial charge in [-0.15, -0.1) is 11.3 Å². The summed E-state index contributed by atoms with van der Waals surface area (Å²) < 4.78 is 11.1. The first kappa shape index (κ1) is 15.9. The first-order chi connectivity index (χ1) is 10.2. The highest BCUT2D eigenvalue weighted by atomic mass is 32.1. The minimum atomic E-state index is 0.0924. The molecule has 0 aliphatic heterocycles. The van der Waals surface area contributed by atoms with Crippen molar-refractivity contribution in [3.8, 4) is 11.5 Å². The fraction of sp³-hybridized carbons (Fsp3) is 0.412. The number of nitrogens with one attached hydrogen (secondary N) is 1. The summed E-state index contributed by atoms with van der Waals surface area (Å²) in [5.41, 5.74) is 2.39. The SMILES string of the molecule is CCCNC(c1cc(C)ccc1OC)c1sccc1OC. The third kappa shape index (κ3) is 3.57. The highest BCUT2D eigenvalue weighted by Gasteiger charge is 2.22.